The van der Waals surface area contributed by atoms with E-state index in [0.717, 1.165) is 24.6 Å². The molecule has 1 aromatic rings. The molecule has 1 saturated heterocycles. The van der Waals surface area contributed by atoms with Gasteiger partial charge in [0.05, 0.1) is 6.42 Å². The van der Waals surface area contributed by atoms with Gasteiger partial charge < -0.3 is 14.8 Å². The molecule has 2 bridgehead atoms. The summed E-state index contributed by atoms with van der Waals surface area (Å²) in [4.78, 5) is 11.9. The number of piperidine rings is 1. The van der Waals surface area contributed by atoms with Crippen LogP contribution in [0.25, 0.3) is 0 Å². The zero-order valence-electron chi connectivity index (χ0n) is 17.0. The molecule has 0 amide bonds. The number of fused-ring (bicyclic) bond motifs is 1. The van der Waals surface area contributed by atoms with Crippen molar-refractivity contribution in [2.75, 3.05) is 13.3 Å². The van der Waals surface area contributed by atoms with Crippen LogP contribution in [0.3, 0.4) is 0 Å². The van der Waals surface area contributed by atoms with Crippen molar-refractivity contribution in [2.45, 2.75) is 77.2 Å². The molecule has 4 heteroatoms. The van der Waals surface area contributed by atoms with Crippen LogP contribution in [-0.4, -0.2) is 25.3 Å². The number of ether oxygens (including phenoxy) is 2. The van der Waals surface area contributed by atoms with Crippen LogP contribution < -0.4 is 10.1 Å². The Balaban J connectivity index is 1.48. The Bertz CT molecular complexity index is 704. The third kappa shape index (κ3) is 3.73. The van der Waals surface area contributed by atoms with Crippen LogP contribution in [-0.2, 0) is 21.4 Å². The Morgan fingerprint density at radius 1 is 1.26 bits per heavy atom. The van der Waals surface area contributed by atoms with Crippen LogP contribution in [0.4, 0.5) is 0 Å². The molecule has 2 aliphatic carbocycles. The minimum atomic E-state index is -0.201. The standard InChI is InChI=1S/C23H33NO3/c1-22(2,3)14-21(25)27-15-26-17-8-7-16-12-20-18-6-4-5-9-23(18,10-11-24-20)19(16)13-17/h7-8,13,18,20,24H,4-6,9-12,14-15H2,1-3H3/t18-,20-,23+/m1/s1. The normalized spacial score (nSPS) is 29.4. The molecule has 0 unspecified atom stereocenters. The Morgan fingerprint density at radius 2 is 2.11 bits per heavy atom. The number of carbonyl (C=O) groups excluding carboxylic acids is 1. The lowest BCUT2D eigenvalue weighted by Gasteiger charge is -2.56. The third-order valence-corrected chi connectivity index (χ3v) is 6.74. The molecule has 1 N–H and O–H groups in total. The zero-order valence-corrected chi connectivity index (χ0v) is 17.0. The fourth-order valence-electron chi connectivity index (χ4n) is 5.64. The molecule has 148 valence electrons. The van der Waals surface area contributed by atoms with Gasteiger partial charge in [-0.1, -0.05) is 39.7 Å². The number of esters is 1. The van der Waals surface area contributed by atoms with Gasteiger partial charge in [0.25, 0.3) is 0 Å². The molecule has 0 aromatic heterocycles. The number of hydrogen-bond acceptors (Lipinski definition) is 4. The molecule has 1 aliphatic heterocycles. The van der Waals surface area contributed by atoms with E-state index < -0.39 is 0 Å². The Kier molecular flexibility index (Phi) is 4.96. The van der Waals surface area contributed by atoms with E-state index in [0.29, 0.717) is 17.9 Å². The molecule has 3 atom stereocenters. The first kappa shape index (κ1) is 18.8. The second-order valence-corrected chi connectivity index (χ2v) is 9.86. The lowest BCUT2D eigenvalue weighted by molar-refractivity contribution is -0.152. The van der Waals surface area contributed by atoms with Gasteiger partial charge in [0.15, 0.2) is 0 Å². The number of hydrogen-bond donors (Lipinski definition) is 1. The van der Waals surface area contributed by atoms with Gasteiger partial charge in [-0.3, -0.25) is 4.79 Å². The summed E-state index contributed by atoms with van der Waals surface area (Å²) in [7, 11) is 0. The van der Waals surface area contributed by atoms with E-state index in [4.69, 9.17) is 9.47 Å². The van der Waals surface area contributed by atoms with Gasteiger partial charge in [0.2, 0.25) is 6.79 Å². The summed E-state index contributed by atoms with van der Waals surface area (Å²) >= 11 is 0. The van der Waals surface area contributed by atoms with Crippen molar-refractivity contribution in [3.05, 3.63) is 29.3 Å². The molecule has 4 rings (SSSR count). The number of benzene rings is 1. The minimum Gasteiger partial charge on any atom is -0.457 e. The van der Waals surface area contributed by atoms with Crippen molar-refractivity contribution in [3.8, 4) is 5.75 Å². The highest BCUT2D eigenvalue weighted by Gasteiger charge is 2.51. The lowest BCUT2D eigenvalue weighted by atomic mass is 9.53. The van der Waals surface area contributed by atoms with Gasteiger partial charge in [0, 0.05) is 11.5 Å². The van der Waals surface area contributed by atoms with E-state index in [1.54, 1.807) is 0 Å². The van der Waals surface area contributed by atoms with E-state index in [1.165, 1.54) is 43.2 Å². The van der Waals surface area contributed by atoms with Crippen molar-refractivity contribution in [2.24, 2.45) is 11.3 Å². The summed E-state index contributed by atoms with van der Waals surface area (Å²) in [5, 5.41) is 3.78. The molecule has 4 nitrogen and oxygen atoms in total. The van der Waals surface area contributed by atoms with Crippen molar-refractivity contribution >= 4 is 5.97 Å². The molecular weight excluding hydrogens is 338 g/mol. The van der Waals surface area contributed by atoms with Crippen LogP contribution in [0, 0.1) is 11.3 Å². The first-order valence-electron chi connectivity index (χ1n) is 10.5. The first-order chi connectivity index (χ1) is 12.9. The number of carbonyl (C=O) groups is 1. The third-order valence-electron chi connectivity index (χ3n) is 6.74. The predicted molar refractivity (Wildman–Crippen MR) is 106 cm³/mol. The molecule has 0 radical (unpaired) electrons. The largest absolute Gasteiger partial charge is 0.457 e. The van der Waals surface area contributed by atoms with Gasteiger partial charge in [-0.2, -0.15) is 0 Å². The molecule has 27 heavy (non-hydrogen) atoms. The fraction of sp³-hybridized carbons (Fsp3) is 0.696. The van der Waals surface area contributed by atoms with Crippen molar-refractivity contribution in [3.63, 3.8) is 0 Å². The second kappa shape index (κ2) is 7.12. The average Bonchev–Trinajstić information content (AvgIpc) is 2.60. The van der Waals surface area contributed by atoms with Gasteiger partial charge in [-0.15, -0.1) is 0 Å². The molecule has 2 fully saturated rings. The highest BCUT2D eigenvalue weighted by Crippen LogP contribution is 2.54. The Morgan fingerprint density at radius 3 is 2.93 bits per heavy atom. The van der Waals surface area contributed by atoms with E-state index in [-0.39, 0.29) is 18.2 Å². The number of rotatable bonds is 4. The zero-order chi connectivity index (χ0) is 19.1. The predicted octanol–water partition coefficient (Wildman–Crippen LogP) is 4.35. The van der Waals surface area contributed by atoms with Gasteiger partial charge in [-0.25, -0.2) is 0 Å². The van der Waals surface area contributed by atoms with E-state index in [2.05, 4.69) is 17.4 Å². The maximum Gasteiger partial charge on any atom is 0.309 e. The van der Waals surface area contributed by atoms with E-state index in [9.17, 15) is 4.79 Å². The van der Waals surface area contributed by atoms with Crippen molar-refractivity contribution in [1.82, 2.24) is 5.32 Å². The lowest BCUT2D eigenvalue weighted by Crippen LogP contribution is -2.59. The minimum absolute atomic E-state index is 0.00565. The van der Waals surface area contributed by atoms with Crippen LogP contribution in [0.5, 0.6) is 5.75 Å². The smallest absolute Gasteiger partial charge is 0.309 e. The summed E-state index contributed by atoms with van der Waals surface area (Å²) in [6.07, 6.45) is 8.09. The van der Waals surface area contributed by atoms with E-state index >= 15 is 0 Å². The fourth-order valence-corrected chi connectivity index (χ4v) is 5.64. The SMILES string of the molecule is CC(C)(C)CC(=O)OCOc1ccc2c(c1)[C@]13CCCC[C@@H]1[C@@H](C2)NCC3. The first-order valence-corrected chi connectivity index (χ1v) is 10.5. The number of nitrogens with one attached hydrogen (secondary N) is 1. The molecule has 1 heterocycles. The van der Waals surface area contributed by atoms with Crippen LogP contribution in [0.1, 0.15) is 70.4 Å². The van der Waals surface area contributed by atoms with Crippen molar-refractivity contribution < 1.29 is 14.3 Å². The topological polar surface area (TPSA) is 47.6 Å². The molecular formula is C23H33NO3. The van der Waals surface area contributed by atoms with Gasteiger partial charge in [0.1, 0.15) is 5.75 Å². The van der Waals surface area contributed by atoms with Gasteiger partial charge in [-0.05, 0) is 66.8 Å². The molecule has 1 saturated carbocycles. The summed E-state index contributed by atoms with van der Waals surface area (Å²) in [6, 6.07) is 7.14. The maximum atomic E-state index is 11.9. The highest BCUT2D eigenvalue weighted by atomic mass is 16.7. The van der Waals surface area contributed by atoms with Crippen LogP contribution >= 0.6 is 0 Å². The average molecular weight is 372 g/mol. The highest BCUT2D eigenvalue weighted by molar-refractivity contribution is 5.70. The monoisotopic (exact) mass is 371 g/mol. The van der Waals surface area contributed by atoms with Crippen LogP contribution in [0.2, 0.25) is 0 Å². The van der Waals surface area contributed by atoms with Crippen LogP contribution in [0.15, 0.2) is 18.2 Å². The molecule has 3 aliphatic rings. The Hall–Kier alpha value is -1.55. The Labute approximate surface area is 163 Å². The quantitative estimate of drug-likeness (QED) is 0.631. The van der Waals surface area contributed by atoms with Crippen molar-refractivity contribution in [1.29, 1.82) is 0 Å². The summed E-state index contributed by atoms with van der Waals surface area (Å²) in [5.74, 6) is 1.38. The molecule has 1 aromatic carbocycles. The second-order valence-electron chi connectivity index (χ2n) is 9.86. The summed E-state index contributed by atoms with van der Waals surface area (Å²) < 4.78 is 11.1. The van der Waals surface area contributed by atoms with Gasteiger partial charge >= 0.3 is 5.97 Å². The summed E-state index contributed by atoms with van der Waals surface area (Å²) in [6.45, 7) is 7.21. The van der Waals surface area contributed by atoms with E-state index in [1.807, 2.05) is 26.8 Å². The molecule has 0 spiro atoms. The summed E-state index contributed by atoms with van der Waals surface area (Å²) in [5.41, 5.74) is 3.24. The maximum absolute atomic E-state index is 11.9.